The molecule has 0 spiro atoms. The highest BCUT2D eigenvalue weighted by Crippen LogP contribution is 2.20. The number of anilines is 1. The molecule has 26 heavy (non-hydrogen) atoms. The second kappa shape index (κ2) is 8.75. The molecule has 0 aromatic heterocycles. The molecule has 1 amide bonds. The molecule has 1 unspecified atom stereocenters. The van der Waals surface area contributed by atoms with E-state index in [0.29, 0.717) is 13.0 Å². The first-order valence-electron chi connectivity index (χ1n) is 9.50. The number of hydrogen-bond donors (Lipinski definition) is 1. The van der Waals surface area contributed by atoms with Gasteiger partial charge in [0.25, 0.3) is 5.91 Å². The molecule has 0 radical (unpaired) electrons. The van der Waals surface area contributed by atoms with Crippen LogP contribution in [0.1, 0.15) is 37.3 Å². The van der Waals surface area contributed by atoms with Crippen molar-refractivity contribution in [1.82, 2.24) is 5.32 Å². The summed E-state index contributed by atoms with van der Waals surface area (Å²) in [6.07, 6.45) is 2.71. The molecule has 0 bridgehead atoms. The summed E-state index contributed by atoms with van der Waals surface area (Å²) < 4.78 is 5.86. The molecule has 4 heteroatoms. The van der Waals surface area contributed by atoms with E-state index in [-0.39, 0.29) is 5.91 Å². The first-order valence-corrected chi connectivity index (χ1v) is 9.50. The van der Waals surface area contributed by atoms with E-state index in [1.165, 1.54) is 18.5 Å². The topological polar surface area (TPSA) is 41.6 Å². The first-order chi connectivity index (χ1) is 12.7. The monoisotopic (exact) mass is 352 g/mol. The van der Waals surface area contributed by atoms with Crippen LogP contribution in [0.3, 0.4) is 0 Å². The van der Waals surface area contributed by atoms with Crippen LogP contribution < -0.4 is 15.0 Å². The number of carbonyl (C=O) groups excluding carboxylic acids is 1. The van der Waals surface area contributed by atoms with Gasteiger partial charge in [0.15, 0.2) is 6.10 Å². The highest BCUT2D eigenvalue weighted by molar-refractivity contribution is 5.81. The van der Waals surface area contributed by atoms with E-state index in [9.17, 15) is 4.79 Å². The first kappa shape index (κ1) is 18.3. The van der Waals surface area contributed by atoms with Gasteiger partial charge in [-0.2, -0.15) is 0 Å². The van der Waals surface area contributed by atoms with E-state index in [1.807, 2.05) is 38.1 Å². The summed E-state index contributed by atoms with van der Waals surface area (Å²) in [4.78, 5) is 14.9. The van der Waals surface area contributed by atoms with Crippen LogP contribution in [-0.2, 0) is 11.3 Å². The van der Waals surface area contributed by atoms with Gasteiger partial charge in [-0.15, -0.1) is 0 Å². The van der Waals surface area contributed by atoms with Crippen molar-refractivity contribution in [3.8, 4) is 5.75 Å². The summed E-state index contributed by atoms with van der Waals surface area (Å²) in [5, 5.41) is 3.00. The van der Waals surface area contributed by atoms with Crippen molar-refractivity contribution in [3.05, 3.63) is 59.7 Å². The SMILES string of the molecule is CCC(Oc1cccc(C)c1)C(=O)NCc1ccc(N2CCCC2)cc1. The Bertz CT molecular complexity index is 721. The van der Waals surface area contributed by atoms with Gasteiger partial charge < -0.3 is 15.0 Å². The Kier molecular flexibility index (Phi) is 6.16. The number of rotatable bonds is 7. The Morgan fingerprint density at radius 3 is 2.54 bits per heavy atom. The van der Waals surface area contributed by atoms with Gasteiger partial charge >= 0.3 is 0 Å². The highest BCUT2D eigenvalue weighted by atomic mass is 16.5. The van der Waals surface area contributed by atoms with Crippen LogP contribution in [0.5, 0.6) is 5.75 Å². The maximum Gasteiger partial charge on any atom is 0.261 e. The molecule has 1 N–H and O–H groups in total. The summed E-state index contributed by atoms with van der Waals surface area (Å²) in [6.45, 7) is 6.78. The van der Waals surface area contributed by atoms with Crippen LogP contribution in [-0.4, -0.2) is 25.1 Å². The highest BCUT2D eigenvalue weighted by Gasteiger charge is 2.18. The Balaban J connectivity index is 1.53. The fourth-order valence-electron chi connectivity index (χ4n) is 3.28. The van der Waals surface area contributed by atoms with Crippen LogP contribution in [0.25, 0.3) is 0 Å². The van der Waals surface area contributed by atoms with Gasteiger partial charge in [-0.1, -0.05) is 31.2 Å². The van der Waals surface area contributed by atoms with E-state index in [1.54, 1.807) is 0 Å². The van der Waals surface area contributed by atoms with Gasteiger partial charge in [0.2, 0.25) is 0 Å². The van der Waals surface area contributed by atoms with E-state index in [4.69, 9.17) is 4.74 Å². The molecule has 3 rings (SSSR count). The lowest BCUT2D eigenvalue weighted by atomic mass is 10.2. The van der Waals surface area contributed by atoms with Crippen molar-refractivity contribution in [1.29, 1.82) is 0 Å². The molecular weight excluding hydrogens is 324 g/mol. The molecular formula is C22H28N2O2. The van der Waals surface area contributed by atoms with Crippen molar-refractivity contribution < 1.29 is 9.53 Å². The lowest BCUT2D eigenvalue weighted by Gasteiger charge is -2.19. The van der Waals surface area contributed by atoms with Crippen LogP contribution in [0, 0.1) is 6.92 Å². The molecule has 138 valence electrons. The number of amides is 1. The minimum absolute atomic E-state index is 0.0716. The van der Waals surface area contributed by atoms with Crippen molar-refractivity contribution in [2.45, 2.75) is 45.8 Å². The Labute approximate surface area is 156 Å². The number of aryl methyl sites for hydroxylation is 1. The minimum Gasteiger partial charge on any atom is -0.481 e. The fraction of sp³-hybridized carbons (Fsp3) is 0.409. The quantitative estimate of drug-likeness (QED) is 0.817. The smallest absolute Gasteiger partial charge is 0.261 e. The van der Waals surface area contributed by atoms with E-state index in [0.717, 1.165) is 30.0 Å². The van der Waals surface area contributed by atoms with Crippen LogP contribution in [0.15, 0.2) is 48.5 Å². The summed E-state index contributed by atoms with van der Waals surface area (Å²) >= 11 is 0. The van der Waals surface area contributed by atoms with Crippen LogP contribution >= 0.6 is 0 Å². The van der Waals surface area contributed by atoms with Gasteiger partial charge in [0.05, 0.1) is 0 Å². The van der Waals surface area contributed by atoms with Gasteiger partial charge in [-0.25, -0.2) is 0 Å². The largest absolute Gasteiger partial charge is 0.481 e. The predicted octanol–water partition coefficient (Wildman–Crippen LogP) is 4.07. The average molecular weight is 352 g/mol. The van der Waals surface area contributed by atoms with Crippen molar-refractivity contribution >= 4 is 11.6 Å². The third-order valence-corrected chi connectivity index (χ3v) is 4.81. The van der Waals surface area contributed by atoms with E-state index < -0.39 is 6.10 Å². The fourth-order valence-corrected chi connectivity index (χ4v) is 3.28. The molecule has 1 aliphatic rings. The van der Waals surface area contributed by atoms with Crippen LogP contribution in [0.4, 0.5) is 5.69 Å². The van der Waals surface area contributed by atoms with Gasteiger partial charge in [0.1, 0.15) is 5.75 Å². The normalized spacial score (nSPS) is 14.9. The second-order valence-electron chi connectivity index (χ2n) is 6.91. The summed E-state index contributed by atoms with van der Waals surface area (Å²) in [6, 6.07) is 16.3. The molecule has 1 fully saturated rings. The third kappa shape index (κ3) is 4.78. The Morgan fingerprint density at radius 1 is 1.15 bits per heavy atom. The molecule has 2 aromatic carbocycles. The number of benzene rings is 2. The van der Waals surface area contributed by atoms with Crippen molar-refractivity contribution in [3.63, 3.8) is 0 Å². The zero-order valence-electron chi connectivity index (χ0n) is 15.7. The van der Waals surface area contributed by atoms with Crippen molar-refractivity contribution in [2.24, 2.45) is 0 Å². The van der Waals surface area contributed by atoms with Gasteiger partial charge in [-0.05, 0) is 61.6 Å². The zero-order chi connectivity index (χ0) is 18.4. The Hall–Kier alpha value is -2.49. The second-order valence-corrected chi connectivity index (χ2v) is 6.91. The van der Waals surface area contributed by atoms with Gasteiger partial charge in [0, 0.05) is 25.3 Å². The summed E-state index contributed by atoms with van der Waals surface area (Å²) in [5.74, 6) is 0.666. The zero-order valence-corrected chi connectivity index (χ0v) is 15.7. The molecule has 4 nitrogen and oxygen atoms in total. The van der Waals surface area contributed by atoms with Crippen LogP contribution in [0.2, 0.25) is 0 Å². The third-order valence-electron chi connectivity index (χ3n) is 4.81. The lowest BCUT2D eigenvalue weighted by Crippen LogP contribution is -2.37. The number of nitrogens with one attached hydrogen (secondary N) is 1. The number of nitrogens with zero attached hydrogens (tertiary/aromatic N) is 1. The van der Waals surface area contributed by atoms with Gasteiger partial charge in [-0.3, -0.25) is 4.79 Å². The predicted molar refractivity (Wildman–Crippen MR) is 106 cm³/mol. The molecule has 1 saturated heterocycles. The van der Waals surface area contributed by atoms with E-state index in [2.05, 4.69) is 34.5 Å². The Morgan fingerprint density at radius 2 is 1.88 bits per heavy atom. The van der Waals surface area contributed by atoms with Crippen molar-refractivity contribution in [2.75, 3.05) is 18.0 Å². The molecule has 1 aliphatic heterocycles. The number of carbonyl (C=O) groups is 1. The summed E-state index contributed by atoms with van der Waals surface area (Å²) in [5.41, 5.74) is 3.49. The maximum absolute atomic E-state index is 12.5. The average Bonchev–Trinajstić information content (AvgIpc) is 3.19. The maximum atomic E-state index is 12.5. The molecule has 1 heterocycles. The minimum atomic E-state index is -0.472. The molecule has 1 atom stereocenters. The molecule has 0 aliphatic carbocycles. The number of ether oxygens (including phenoxy) is 1. The lowest BCUT2D eigenvalue weighted by molar-refractivity contribution is -0.128. The molecule has 0 saturated carbocycles. The summed E-state index contributed by atoms with van der Waals surface area (Å²) in [7, 11) is 0. The standard InChI is InChI=1S/C22H28N2O2/c1-3-21(26-20-8-6-7-17(2)15-20)22(25)23-16-18-9-11-19(12-10-18)24-13-4-5-14-24/h6-12,15,21H,3-5,13-14,16H2,1-2H3,(H,23,25). The molecule has 2 aromatic rings. The van der Waals surface area contributed by atoms with E-state index >= 15 is 0 Å². The number of hydrogen-bond acceptors (Lipinski definition) is 3.